The van der Waals surface area contributed by atoms with Gasteiger partial charge in [-0.05, 0) is 276 Å². The molecule has 7 N–H and O–H groups in total. The van der Waals surface area contributed by atoms with Gasteiger partial charge < -0.3 is 29.9 Å². The van der Waals surface area contributed by atoms with Crippen molar-refractivity contribution < 1.29 is 74.3 Å². The highest BCUT2D eigenvalue weighted by Crippen LogP contribution is 2.42. The first kappa shape index (κ1) is 102. The van der Waals surface area contributed by atoms with Crippen LogP contribution in [0.3, 0.4) is 0 Å². The number of ether oxygens (including phenoxy) is 2. The summed E-state index contributed by atoms with van der Waals surface area (Å²) in [7, 11) is -23.0. The second-order valence-electron chi connectivity index (χ2n) is 32.7. The molecule has 0 bridgehead atoms. The fourth-order valence-electron chi connectivity index (χ4n) is 14.3. The molecular formula is C96H90N26O17S5. The summed E-state index contributed by atoms with van der Waals surface area (Å²) in [6.45, 7) is 13.7. The molecule has 1 aliphatic rings. The van der Waals surface area contributed by atoms with Crippen LogP contribution in [0.25, 0.3) is 0 Å². The number of piperazine rings is 1. The molecule has 0 spiro atoms. The van der Waals surface area contributed by atoms with Crippen molar-refractivity contribution in [3.63, 3.8) is 0 Å². The van der Waals surface area contributed by atoms with E-state index in [1.165, 1.54) is 72.8 Å². The Hall–Kier alpha value is -16.2. The van der Waals surface area contributed by atoms with Crippen molar-refractivity contribution >= 4 is 177 Å². The molecule has 0 radical (unpaired) electrons. The molecule has 1 aliphatic heterocycles. The van der Waals surface area contributed by atoms with E-state index in [2.05, 4.69) is 97.4 Å². The second-order valence-corrected chi connectivity index (χ2v) is 39.9. The second kappa shape index (κ2) is 45.2. The zero-order valence-corrected chi connectivity index (χ0v) is 81.8. The minimum Gasteiger partial charge on any atom is -0.493 e. The van der Waals surface area contributed by atoms with Crippen LogP contribution in [0.1, 0.15) is 78.6 Å². The number of aromatic nitrogens is 6. The van der Waals surface area contributed by atoms with Crippen molar-refractivity contribution in [1.29, 1.82) is 0 Å². The maximum Gasteiger partial charge on any atom is 0.296 e. The van der Waals surface area contributed by atoms with Crippen molar-refractivity contribution in [2.24, 2.45) is 81.8 Å². The SMILES string of the molecule is CCCOc1cc(N=Nc2ccc(N=Nc3ccccc3)cc2S(=O)(=O)O)c(C)cc1Cc1nc(Cc2ccc(N=Nc3ccc(N=Nc4ccc(S(=O)(=O)O)cc4)cc3)c(C)c2)nc(N2CC(C)N(c3nc(Nc4ccc(N=Nc5ccc(N=Nc6ccccc6)cc5S(=O)(=O)O)c(C)c4)nc(Nc4cc(C)c(N=Nc5ccc(N=Nc6ccc(S(=O)(=O)O)cc6)cc5)cc4OCCCS(=O)(=O)O)n3)CC2C)n1. The molecule has 0 aliphatic carbocycles. The van der Waals surface area contributed by atoms with Crippen LogP contribution in [0.5, 0.6) is 11.5 Å². The summed E-state index contributed by atoms with van der Waals surface area (Å²) < 4.78 is 184. The van der Waals surface area contributed by atoms with Crippen LogP contribution in [0.2, 0.25) is 0 Å². The van der Waals surface area contributed by atoms with Crippen molar-refractivity contribution in [2.75, 3.05) is 52.5 Å². The molecule has 0 amide bonds. The molecule has 2 atom stereocenters. The highest BCUT2D eigenvalue weighted by Gasteiger charge is 2.35. The highest BCUT2D eigenvalue weighted by molar-refractivity contribution is 7.87. The largest absolute Gasteiger partial charge is 0.493 e. The van der Waals surface area contributed by atoms with E-state index in [1.54, 1.807) is 160 Å². The van der Waals surface area contributed by atoms with Gasteiger partial charge in [0.05, 0.1) is 114 Å². The van der Waals surface area contributed by atoms with Crippen LogP contribution in [-0.2, 0) is 63.4 Å². The summed E-state index contributed by atoms with van der Waals surface area (Å²) in [4.78, 5) is 33.1. The molecule has 0 saturated carbocycles. The summed E-state index contributed by atoms with van der Waals surface area (Å²) in [5.74, 6) is 1.14. The zero-order valence-electron chi connectivity index (χ0n) is 77.7. The summed E-state index contributed by atoms with van der Waals surface area (Å²) in [5, 5.41) is 75.7. The van der Waals surface area contributed by atoms with Gasteiger partial charge in [0.2, 0.25) is 23.8 Å². The Kier molecular flexibility index (Phi) is 32.1. The number of anilines is 6. The maximum absolute atomic E-state index is 12.9. The van der Waals surface area contributed by atoms with Gasteiger partial charge in [0.25, 0.3) is 50.6 Å². The number of hydrogen-bond donors (Lipinski definition) is 7. The molecule has 48 heteroatoms. The molecule has 15 rings (SSSR count). The van der Waals surface area contributed by atoms with E-state index in [-0.39, 0.29) is 107 Å². The van der Waals surface area contributed by atoms with E-state index in [9.17, 15) is 64.9 Å². The van der Waals surface area contributed by atoms with Gasteiger partial charge in [-0.3, -0.25) is 22.8 Å². The number of benzene rings is 12. The van der Waals surface area contributed by atoms with Gasteiger partial charge in [-0.2, -0.15) is 139 Å². The van der Waals surface area contributed by atoms with Gasteiger partial charge in [0, 0.05) is 61.4 Å². The molecule has 3 heterocycles. The molecule has 14 aromatic rings. The van der Waals surface area contributed by atoms with Gasteiger partial charge >= 0.3 is 0 Å². The smallest absolute Gasteiger partial charge is 0.296 e. The Bertz CT molecular complexity index is 8010. The Morgan fingerprint density at radius 3 is 1.17 bits per heavy atom. The van der Waals surface area contributed by atoms with Crippen LogP contribution in [0.15, 0.2) is 356 Å². The summed E-state index contributed by atoms with van der Waals surface area (Å²) in [5.41, 5.74) is 9.55. The van der Waals surface area contributed by atoms with Gasteiger partial charge in [-0.1, -0.05) is 55.5 Å². The van der Waals surface area contributed by atoms with Crippen molar-refractivity contribution in [3.05, 3.63) is 300 Å². The van der Waals surface area contributed by atoms with Gasteiger partial charge in [0.15, 0.2) is 0 Å². The first-order chi connectivity index (χ1) is 68.8. The van der Waals surface area contributed by atoms with Crippen LogP contribution in [-0.4, -0.2) is 139 Å². The molecule has 144 heavy (non-hydrogen) atoms. The molecule has 2 aromatic heterocycles. The lowest BCUT2D eigenvalue weighted by Gasteiger charge is -2.44. The number of nitrogens with one attached hydrogen (secondary N) is 2. The number of rotatable bonds is 38. The Balaban J connectivity index is 0.752. The molecule has 43 nitrogen and oxygen atoms in total. The van der Waals surface area contributed by atoms with Crippen LogP contribution < -0.4 is 29.9 Å². The lowest BCUT2D eigenvalue weighted by atomic mass is 10.0. The predicted octanol–water partition coefficient (Wildman–Crippen LogP) is 24.8. The third kappa shape index (κ3) is 28.2. The normalized spacial score (nSPS) is 14.1. The summed E-state index contributed by atoms with van der Waals surface area (Å²) in [6.07, 6.45) is 0.762. The van der Waals surface area contributed by atoms with Crippen LogP contribution in [0.4, 0.5) is 126 Å². The fourth-order valence-corrected chi connectivity index (χ4v) is 17.0. The average Bonchev–Trinajstić information content (AvgIpc) is 0.776. The van der Waals surface area contributed by atoms with E-state index >= 15 is 0 Å². The van der Waals surface area contributed by atoms with Gasteiger partial charge in [0.1, 0.15) is 44.3 Å². The van der Waals surface area contributed by atoms with E-state index in [4.69, 9.17) is 39.4 Å². The first-order valence-corrected chi connectivity index (χ1v) is 51.5. The third-order valence-corrected chi connectivity index (χ3v) is 25.9. The number of nitrogens with zero attached hydrogens (tertiary/aromatic N) is 24. The first-order valence-electron chi connectivity index (χ1n) is 44.1. The number of aryl methyl sites for hydroxylation is 4. The Labute approximate surface area is 827 Å². The minimum atomic E-state index is -4.87. The van der Waals surface area contributed by atoms with Crippen molar-refractivity contribution in [2.45, 2.75) is 106 Å². The Morgan fingerprint density at radius 2 is 0.708 bits per heavy atom. The van der Waals surface area contributed by atoms with E-state index in [0.29, 0.717) is 126 Å². The topological polar surface area (TPSA) is 596 Å². The lowest BCUT2D eigenvalue weighted by molar-refractivity contribution is 0.314. The van der Waals surface area contributed by atoms with Gasteiger partial charge in [-0.15, -0.1) is 10.2 Å². The molecule has 2 unspecified atom stereocenters. The molecule has 1 fully saturated rings. The maximum atomic E-state index is 12.9. The Morgan fingerprint density at radius 1 is 0.340 bits per heavy atom. The van der Waals surface area contributed by atoms with E-state index in [1.807, 2.05) is 62.9 Å². The van der Waals surface area contributed by atoms with E-state index in [0.717, 1.165) is 23.3 Å². The van der Waals surface area contributed by atoms with Gasteiger partial charge in [-0.25, -0.2) is 4.98 Å². The van der Waals surface area contributed by atoms with E-state index < -0.39 is 78.2 Å². The predicted molar refractivity (Wildman–Crippen MR) is 537 cm³/mol. The summed E-state index contributed by atoms with van der Waals surface area (Å²) in [6, 6.07) is 65.8. The molecule has 12 aromatic carbocycles. The number of azo groups is 8. The quantitative estimate of drug-likeness (QED) is 0.0107. The standard InChI is InChI=1S/C96H90N26O17S5/c1-8-44-138-87-55-84(120-118-83-43-35-77(54-90(83)144(135,136)137)114-106-68-18-13-10-14-19-68)60(3)48-66(87)52-92-99-91(51-65-20-40-80(59(2)47-65)115-111-71-25-21-69(22-26-71)107-109-73-29-36-78(37-30-73)141(126,127)128)100-95(101-92)121-57-64(7)122(58-63(121)6)96-103-93(97-75-33-41-81(61(4)49-75)116-117-82-42-34-76(53-89(82)143(132,133)134)113-105-67-16-11-9-12-17-67)102-94(104-96)98-86-50-62(5)85(56-88(86)139-45-15-46-140(123,124)125)119-112-72-27-23-70(24-28-72)108-110-74-31-38-79(39-32-74)142(129,130)131/h9-14,16-43,47-50,53-56,63-64H,8,15,44-46,51-52,57-58H2,1-7H3,(H,123,124,125)(H,126,127,128)(H,129,130,131)(H,132,133,134)(H,135,136,137)(H2,97,98,102,103,104). The average molecular weight is 2040 g/mol. The molecule has 736 valence electrons. The fraction of sp³-hybridized carbons (Fsp3) is 0.188. The van der Waals surface area contributed by atoms with Crippen LogP contribution in [0, 0.1) is 27.7 Å². The van der Waals surface area contributed by atoms with Crippen molar-refractivity contribution in [1.82, 2.24) is 29.9 Å². The molecular weight excluding hydrogens is 1950 g/mol. The molecule has 1 saturated heterocycles. The zero-order chi connectivity index (χ0) is 102. The lowest BCUT2D eigenvalue weighted by Crippen LogP contribution is -2.57. The third-order valence-electron chi connectivity index (χ3n) is 21.6. The minimum absolute atomic E-state index is 0.0212. The highest BCUT2D eigenvalue weighted by atomic mass is 32.2. The number of hydrogen-bond acceptors (Lipinski definition) is 38. The van der Waals surface area contributed by atoms with Crippen molar-refractivity contribution in [3.8, 4) is 11.5 Å². The summed E-state index contributed by atoms with van der Waals surface area (Å²) >= 11 is 0. The monoisotopic (exact) mass is 2040 g/mol. The van der Waals surface area contributed by atoms with Crippen LogP contribution >= 0.6 is 0 Å².